The minimum absolute atomic E-state index is 0.0301. The minimum atomic E-state index is -0.405. The van der Waals surface area contributed by atoms with Crippen molar-refractivity contribution in [3.8, 4) is 17.2 Å². The monoisotopic (exact) mass is 548 g/mol. The molecule has 2 aliphatic rings. The molecule has 3 aromatic rings. The Labute approximate surface area is 219 Å². The number of rotatable bonds is 5. The zero-order chi connectivity index (χ0) is 25.4. The van der Waals surface area contributed by atoms with Gasteiger partial charge in [0.1, 0.15) is 5.75 Å². The smallest absolute Gasteiger partial charge is 0.172 e. The summed E-state index contributed by atoms with van der Waals surface area (Å²) in [5.74, 6) is 1.35. The lowest BCUT2D eigenvalue weighted by molar-refractivity contribution is -0.116. The third kappa shape index (κ3) is 4.67. The third-order valence-corrected chi connectivity index (χ3v) is 7.24. The lowest BCUT2D eigenvalue weighted by Crippen LogP contribution is -2.27. The number of carbonyl (C=O) groups excluding carboxylic acids is 1. The van der Waals surface area contributed by atoms with Crippen molar-refractivity contribution in [2.45, 2.75) is 44.8 Å². The van der Waals surface area contributed by atoms with Crippen LogP contribution in [0.4, 0.5) is 11.4 Å². The molecule has 36 heavy (non-hydrogen) atoms. The van der Waals surface area contributed by atoms with E-state index in [0.29, 0.717) is 28.6 Å². The molecule has 0 amide bonds. The standard InChI is InChI=1S/C29H29BrN2O4/c1-16(2)36-20-10-8-17(9-11-20)18-13-24-27(25(33)14-18)28(32-23-7-5-4-6-22(23)31-24)19-12-21(30)29(34)26(15-19)35-3/h4-12,15-16,18,28,31-32,34H,13-14H2,1-3H3. The van der Waals surface area contributed by atoms with Crippen LogP contribution in [0, 0.1) is 0 Å². The first-order chi connectivity index (χ1) is 17.3. The number of hydrogen-bond donors (Lipinski definition) is 3. The van der Waals surface area contributed by atoms with E-state index in [1.807, 2.05) is 56.3 Å². The van der Waals surface area contributed by atoms with Crippen molar-refractivity contribution in [3.05, 3.63) is 87.5 Å². The van der Waals surface area contributed by atoms with Crippen molar-refractivity contribution in [3.63, 3.8) is 0 Å². The molecule has 3 aromatic carbocycles. The van der Waals surface area contributed by atoms with Crippen molar-refractivity contribution >= 4 is 33.1 Å². The Balaban J connectivity index is 1.56. The molecule has 0 fully saturated rings. The molecular formula is C29H29BrN2O4. The van der Waals surface area contributed by atoms with E-state index < -0.39 is 6.04 Å². The van der Waals surface area contributed by atoms with Gasteiger partial charge in [-0.2, -0.15) is 0 Å². The van der Waals surface area contributed by atoms with E-state index in [1.54, 1.807) is 6.07 Å². The van der Waals surface area contributed by atoms with Crippen LogP contribution < -0.4 is 20.1 Å². The number of anilines is 2. The molecule has 7 heteroatoms. The summed E-state index contributed by atoms with van der Waals surface area (Å²) in [4.78, 5) is 13.8. The van der Waals surface area contributed by atoms with E-state index in [0.717, 1.165) is 33.9 Å². The molecule has 0 saturated heterocycles. The number of phenols is 1. The summed E-state index contributed by atoms with van der Waals surface area (Å²) < 4.78 is 11.7. The van der Waals surface area contributed by atoms with Crippen LogP contribution in [-0.4, -0.2) is 24.1 Å². The van der Waals surface area contributed by atoms with Gasteiger partial charge < -0.3 is 25.2 Å². The van der Waals surface area contributed by atoms with Crippen molar-refractivity contribution in [2.75, 3.05) is 17.7 Å². The number of carbonyl (C=O) groups is 1. The summed E-state index contributed by atoms with van der Waals surface area (Å²) in [6.45, 7) is 4.01. The van der Waals surface area contributed by atoms with Crippen molar-refractivity contribution in [2.24, 2.45) is 0 Å². The van der Waals surface area contributed by atoms with Crippen molar-refractivity contribution in [1.29, 1.82) is 0 Å². The Bertz CT molecular complexity index is 1330. The topological polar surface area (TPSA) is 79.8 Å². The molecule has 1 aliphatic carbocycles. The number of fused-ring (bicyclic) bond motifs is 1. The summed E-state index contributed by atoms with van der Waals surface area (Å²) in [6.07, 6.45) is 1.22. The normalized spacial score (nSPS) is 19.1. The fourth-order valence-electron chi connectivity index (χ4n) is 4.98. The molecule has 6 nitrogen and oxygen atoms in total. The number of nitrogens with one attached hydrogen (secondary N) is 2. The second kappa shape index (κ2) is 9.90. The fraction of sp³-hybridized carbons (Fsp3) is 0.276. The largest absolute Gasteiger partial charge is 0.503 e. The van der Waals surface area contributed by atoms with Gasteiger partial charge in [-0.05, 0) is 89.6 Å². The minimum Gasteiger partial charge on any atom is -0.503 e. The van der Waals surface area contributed by atoms with Crippen LogP contribution >= 0.6 is 15.9 Å². The quantitative estimate of drug-likeness (QED) is 0.320. The summed E-state index contributed by atoms with van der Waals surface area (Å²) in [7, 11) is 1.52. The summed E-state index contributed by atoms with van der Waals surface area (Å²) in [5, 5.41) is 17.5. The van der Waals surface area contributed by atoms with Gasteiger partial charge >= 0.3 is 0 Å². The first-order valence-electron chi connectivity index (χ1n) is 12.1. The van der Waals surface area contributed by atoms with Crippen LogP contribution in [0.2, 0.25) is 0 Å². The average molecular weight is 549 g/mol. The van der Waals surface area contributed by atoms with Crippen LogP contribution in [0.3, 0.4) is 0 Å². The van der Waals surface area contributed by atoms with Crippen LogP contribution in [0.25, 0.3) is 0 Å². The van der Waals surface area contributed by atoms with Gasteiger partial charge in [0.2, 0.25) is 0 Å². The molecule has 3 N–H and O–H groups in total. The fourth-order valence-corrected chi connectivity index (χ4v) is 5.44. The highest BCUT2D eigenvalue weighted by Crippen LogP contribution is 2.46. The molecule has 5 rings (SSSR count). The molecule has 2 unspecified atom stereocenters. The number of Topliss-reactive ketones (excluding diaryl/α,β-unsaturated/α-hetero) is 1. The SMILES string of the molecule is COc1cc(C2Nc3ccccc3NC3=C2C(=O)CC(c2ccc(OC(C)C)cc2)C3)cc(Br)c1O. The second-order valence-electron chi connectivity index (χ2n) is 9.46. The van der Waals surface area contributed by atoms with Gasteiger partial charge in [-0.3, -0.25) is 4.79 Å². The van der Waals surface area contributed by atoms with E-state index in [4.69, 9.17) is 9.47 Å². The number of ether oxygens (including phenoxy) is 2. The van der Waals surface area contributed by atoms with E-state index in [1.165, 1.54) is 7.11 Å². The summed E-state index contributed by atoms with van der Waals surface area (Å²) in [5.41, 5.74) is 5.38. The predicted octanol–water partition coefficient (Wildman–Crippen LogP) is 6.93. The van der Waals surface area contributed by atoms with E-state index in [9.17, 15) is 9.90 Å². The number of para-hydroxylation sites is 2. The lowest BCUT2D eigenvalue weighted by Gasteiger charge is -2.30. The van der Waals surface area contributed by atoms with E-state index >= 15 is 0 Å². The number of methoxy groups -OCH3 is 1. The average Bonchev–Trinajstić information content (AvgIpc) is 3.02. The molecule has 0 spiro atoms. The van der Waals surface area contributed by atoms with Crippen molar-refractivity contribution < 1.29 is 19.4 Å². The predicted molar refractivity (Wildman–Crippen MR) is 145 cm³/mol. The van der Waals surface area contributed by atoms with Gasteiger partial charge in [-0.15, -0.1) is 0 Å². The second-order valence-corrected chi connectivity index (χ2v) is 10.3. The maximum Gasteiger partial charge on any atom is 0.172 e. The highest BCUT2D eigenvalue weighted by molar-refractivity contribution is 9.10. The zero-order valence-corrected chi connectivity index (χ0v) is 22.1. The van der Waals surface area contributed by atoms with Gasteiger partial charge in [0.15, 0.2) is 17.3 Å². The van der Waals surface area contributed by atoms with Gasteiger partial charge in [-0.1, -0.05) is 24.3 Å². The van der Waals surface area contributed by atoms with Crippen LogP contribution in [-0.2, 0) is 4.79 Å². The summed E-state index contributed by atoms with van der Waals surface area (Å²) >= 11 is 3.43. The van der Waals surface area contributed by atoms with Crippen LogP contribution in [0.15, 0.2) is 76.4 Å². The number of hydrogen-bond acceptors (Lipinski definition) is 6. The van der Waals surface area contributed by atoms with E-state index in [2.05, 4.69) is 38.7 Å². The Hall–Kier alpha value is -3.45. The van der Waals surface area contributed by atoms with Gasteiger partial charge in [0.05, 0.1) is 35.1 Å². The van der Waals surface area contributed by atoms with Crippen LogP contribution in [0.1, 0.15) is 49.8 Å². The Kier molecular flexibility index (Phi) is 6.67. The molecule has 1 aliphatic heterocycles. The maximum atomic E-state index is 13.8. The molecular weight excluding hydrogens is 520 g/mol. The van der Waals surface area contributed by atoms with Crippen LogP contribution in [0.5, 0.6) is 17.2 Å². The molecule has 186 valence electrons. The molecule has 2 atom stereocenters. The highest BCUT2D eigenvalue weighted by atomic mass is 79.9. The number of ketones is 1. The zero-order valence-electron chi connectivity index (χ0n) is 20.5. The number of allylic oxidation sites excluding steroid dienone is 1. The van der Waals surface area contributed by atoms with Crippen molar-refractivity contribution in [1.82, 2.24) is 0 Å². The third-order valence-electron chi connectivity index (χ3n) is 6.64. The first kappa shape index (κ1) is 24.3. The number of phenolic OH excluding ortho intramolecular Hbond substituents is 1. The number of benzene rings is 3. The highest BCUT2D eigenvalue weighted by Gasteiger charge is 2.36. The lowest BCUT2D eigenvalue weighted by atomic mass is 9.78. The Morgan fingerprint density at radius 3 is 2.42 bits per heavy atom. The first-order valence-corrected chi connectivity index (χ1v) is 12.8. The number of aromatic hydroxyl groups is 1. The van der Waals surface area contributed by atoms with E-state index in [-0.39, 0.29) is 23.6 Å². The Morgan fingerprint density at radius 2 is 1.72 bits per heavy atom. The Morgan fingerprint density at radius 1 is 1.00 bits per heavy atom. The molecule has 0 aromatic heterocycles. The molecule has 0 saturated carbocycles. The van der Waals surface area contributed by atoms with Gasteiger partial charge in [-0.25, -0.2) is 0 Å². The summed E-state index contributed by atoms with van der Waals surface area (Å²) in [6, 6.07) is 19.2. The molecule has 1 heterocycles. The van der Waals surface area contributed by atoms with Gasteiger partial charge in [0, 0.05) is 17.7 Å². The maximum absolute atomic E-state index is 13.8. The number of halogens is 1. The molecule has 0 radical (unpaired) electrons. The van der Waals surface area contributed by atoms with Gasteiger partial charge in [0.25, 0.3) is 0 Å². The molecule has 0 bridgehead atoms.